The van der Waals surface area contributed by atoms with Crippen molar-refractivity contribution in [3.63, 3.8) is 0 Å². The number of nitrogens with zero attached hydrogens (tertiary/aromatic N) is 1. The van der Waals surface area contributed by atoms with Crippen LogP contribution < -0.4 is 5.32 Å². The van der Waals surface area contributed by atoms with Crippen molar-refractivity contribution in [1.82, 2.24) is 5.32 Å². The smallest absolute Gasteiger partial charge is 0.283 e. The Morgan fingerprint density at radius 3 is 2.68 bits per heavy atom. The maximum absolute atomic E-state index is 11.9. The van der Waals surface area contributed by atoms with Crippen LogP contribution in [0.5, 0.6) is 0 Å². The molecule has 19 heavy (non-hydrogen) atoms. The molecule has 0 bridgehead atoms. The van der Waals surface area contributed by atoms with Gasteiger partial charge in [-0.25, -0.2) is 0 Å². The van der Waals surface area contributed by atoms with E-state index in [1.165, 1.54) is 18.2 Å². The highest BCUT2D eigenvalue weighted by molar-refractivity contribution is 9.09. The minimum Gasteiger partial charge on any atom is -0.351 e. The van der Waals surface area contributed by atoms with E-state index in [0.29, 0.717) is 12.5 Å². The van der Waals surface area contributed by atoms with Gasteiger partial charge in [0.25, 0.3) is 11.6 Å². The summed E-state index contributed by atoms with van der Waals surface area (Å²) in [6.07, 6.45) is 0. The lowest BCUT2D eigenvalue weighted by atomic mass is 10.1. The molecule has 0 aliphatic rings. The van der Waals surface area contributed by atoms with Gasteiger partial charge in [0.15, 0.2) is 0 Å². The van der Waals surface area contributed by atoms with Crippen molar-refractivity contribution in [3.05, 3.63) is 38.9 Å². The molecule has 0 fully saturated rings. The molecule has 0 spiro atoms. The minimum absolute atomic E-state index is 0.0119. The fraction of sp³-hybridized carbons (Fsp3) is 0.417. The van der Waals surface area contributed by atoms with Gasteiger partial charge in [-0.05, 0) is 18.1 Å². The van der Waals surface area contributed by atoms with Gasteiger partial charge in [0.05, 0.1) is 4.92 Å². The maximum atomic E-state index is 11.9. The molecule has 7 heteroatoms. The number of hydrogen-bond donors (Lipinski definition) is 1. The van der Waals surface area contributed by atoms with E-state index in [4.69, 9.17) is 11.6 Å². The Hall–Kier alpha value is -1.14. The second-order valence-electron chi connectivity index (χ2n) is 4.39. The van der Waals surface area contributed by atoms with E-state index in [1.807, 2.05) is 13.8 Å². The van der Waals surface area contributed by atoms with Crippen molar-refractivity contribution in [2.24, 2.45) is 5.92 Å². The maximum Gasteiger partial charge on any atom is 0.283 e. The van der Waals surface area contributed by atoms with Crippen LogP contribution in [0.3, 0.4) is 0 Å². The van der Waals surface area contributed by atoms with Gasteiger partial charge in [-0.1, -0.05) is 41.4 Å². The van der Waals surface area contributed by atoms with Gasteiger partial charge in [0.1, 0.15) is 5.56 Å². The monoisotopic (exact) mass is 348 g/mol. The van der Waals surface area contributed by atoms with Gasteiger partial charge >= 0.3 is 0 Å². The highest BCUT2D eigenvalue weighted by Crippen LogP contribution is 2.23. The number of halogens is 2. The van der Waals surface area contributed by atoms with E-state index in [2.05, 4.69) is 21.2 Å². The van der Waals surface area contributed by atoms with Crippen LogP contribution >= 0.6 is 27.5 Å². The molecule has 1 rings (SSSR count). The van der Waals surface area contributed by atoms with Crippen molar-refractivity contribution >= 4 is 39.1 Å². The first-order valence-corrected chi connectivity index (χ1v) is 6.98. The Morgan fingerprint density at radius 1 is 1.53 bits per heavy atom. The van der Waals surface area contributed by atoms with E-state index in [-0.39, 0.29) is 21.1 Å². The molecule has 0 saturated carbocycles. The van der Waals surface area contributed by atoms with Crippen LogP contribution in [-0.4, -0.2) is 22.2 Å². The molecule has 1 unspecified atom stereocenters. The van der Waals surface area contributed by atoms with Gasteiger partial charge < -0.3 is 5.32 Å². The van der Waals surface area contributed by atoms with Crippen LogP contribution in [0.25, 0.3) is 0 Å². The second-order valence-corrected chi connectivity index (χ2v) is 6.00. The zero-order valence-corrected chi connectivity index (χ0v) is 12.9. The summed E-state index contributed by atoms with van der Waals surface area (Å²) in [5, 5.41) is 13.8. The summed E-state index contributed by atoms with van der Waals surface area (Å²) in [5.74, 6) is -0.131. The molecule has 1 aromatic rings. The highest BCUT2D eigenvalue weighted by Gasteiger charge is 2.21. The molecule has 1 amide bonds. The lowest BCUT2D eigenvalue weighted by Crippen LogP contribution is -2.32. The lowest BCUT2D eigenvalue weighted by Gasteiger charge is -2.14. The number of carbonyl (C=O) groups excluding carboxylic acids is 1. The molecule has 0 aliphatic heterocycles. The first kappa shape index (κ1) is 15.9. The van der Waals surface area contributed by atoms with E-state index < -0.39 is 10.8 Å². The topological polar surface area (TPSA) is 72.2 Å². The summed E-state index contributed by atoms with van der Waals surface area (Å²) in [6.45, 7) is 4.42. The Bertz CT molecular complexity index is 494. The summed E-state index contributed by atoms with van der Waals surface area (Å²) in [6, 6.07) is 3.98. The molecule has 0 aromatic heterocycles. The first-order chi connectivity index (χ1) is 8.82. The largest absolute Gasteiger partial charge is 0.351 e. The van der Waals surface area contributed by atoms with Gasteiger partial charge in [0, 0.05) is 22.5 Å². The van der Waals surface area contributed by atoms with E-state index in [9.17, 15) is 14.9 Å². The van der Waals surface area contributed by atoms with Crippen molar-refractivity contribution in [2.45, 2.75) is 18.7 Å². The summed E-state index contributed by atoms with van der Waals surface area (Å²) in [7, 11) is 0. The van der Waals surface area contributed by atoms with Crippen LogP contribution in [0, 0.1) is 16.0 Å². The van der Waals surface area contributed by atoms with Gasteiger partial charge in [-0.3, -0.25) is 14.9 Å². The molecule has 104 valence electrons. The molecule has 1 atom stereocenters. The third kappa shape index (κ3) is 4.47. The second kappa shape index (κ2) is 6.86. The first-order valence-electron chi connectivity index (χ1n) is 5.69. The molecule has 0 aliphatic carbocycles. The molecule has 0 saturated heterocycles. The minimum atomic E-state index is -0.616. The predicted molar refractivity (Wildman–Crippen MR) is 78.0 cm³/mol. The Labute approximate surface area is 124 Å². The fourth-order valence-corrected chi connectivity index (χ4v) is 1.70. The standard InChI is InChI=1S/C12H14BrClN2O3/c1-7(2)10(13)6-15-12(17)9-4-3-8(14)5-11(9)16(18)19/h3-5,7,10H,6H2,1-2H3,(H,15,17). The SMILES string of the molecule is CC(C)C(Br)CNC(=O)c1ccc(Cl)cc1[N+](=O)[O-]. The number of hydrogen-bond acceptors (Lipinski definition) is 3. The summed E-state index contributed by atoms with van der Waals surface area (Å²) < 4.78 is 0. The van der Waals surface area contributed by atoms with Crippen LogP contribution in [0.15, 0.2) is 18.2 Å². The number of carbonyl (C=O) groups is 1. The molecule has 1 aromatic carbocycles. The van der Waals surface area contributed by atoms with Gasteiger partial charge in [0.2, 0.25) is 0 Å². The van der Waals surface area contributed by atoms with Crippen molar-refractivity contribution in [2.75, 3.05) is 6.54 Å². The van der Waals surface area contributed by atoms with E-state index in [0.717, 1.165) is 0 Å². The number of nitro groups is 1. The molecule has 0 heterocycles. The van der Waals surface area contributed by atoms with Crippen molar-refractivity contribution in [1.29, 1.82) is 0 Å². The predicted octanol–water partition coefficient (Wildman–Crippen LogP) is 3.40. The average Bonchev–Trinajstić information content (AvgIpc) is 2.35. The summed E-state index contributed by atoms with van der Waals surface area (Å²) >= 11 is 9.12. The molecule has 5 nitrogen and oxygen atoms in total. The average molecular weight is 350 g/mol. The number of benzene rings is 1. The van der Waals surface area contributed by atoms with Crippen molar-refractivity contribution in [3.8, 4) is 0 Å². The molecule has 1 N–H and O–H groups in total. The number of nitro benzene ring substituents is 1. The summed E-state index contributed by atoms with van der Waals surface area (Å²) in [4.78, 5) is 22.3. The lowest BCUT2D eigenvalue weighted by molar-refractivity contribution is -0.385. The Balaban J connectivity index is 2.85. The van der Waals surface area contributed by atoms with Crippen LogP contribution in [0.1, 0.15) is 24.2 Å². The molecular formula is C12H14BrClN2O3. The number of nitrogens with one attached hydrogen (secondary N) is 1. The number of rotatable bonds is 5. The van der Waals surface area contributed by atoms with E-state index >= 15 is 0 Å². The third-order valence-corrected chi connectivity index (χ3v) is 4.20. The fourth-order valence-electron chi connectivity index (χ4n) is 1.37. The van der Waals surface area contributed by atoms with Crippen LogP contribution in [0.4, 0.5) is 5.69 Å². The Kier molecular flexibility index (Phi) is 5.75. The van der Waals surface area contributed by atoms with Crippen molar-refractivity contribution < 1.29 is 9.72 Å². The normalized spacial score (nSPS) is 12.3. The number of amides is 1. The van der Waals surface area contributed by atoms with E-state index in [1.54, 1.807) is 0 Å². The zero-order chi connectivity index (χ0) is 14.6. The third-order valence-electron chi connectivity index (χ3n) is 2.58. The van der Waals surface area contributed by atoms with Crippen LogP contribution in [-0.2, 0) is 0 Å². The van der Waals surface area contributed by atoms with Gasteiger partial charge in [-0.2, -0.15) is 0 Å². The van der Waals surface area contributed by atoms with Crippen LogP contribution in [0.2, 0.25) is 5.02 Å². The highest BCUT2D eigenvalue weighted by atomic mass is 79.9. The molecule has 0 radical (unpaired) electrons. The Morgan fingerprint density at radius 2 is 2.16 bits per heavy atom. The zero-order valence-electron chi connectivity index (χ0n) is 10.5. The number of alkyl halides is 1. The van der Waals surface area contributed by atoms with Gasteiger partial charge in [-0.15, -0.1) is 0 Å². The molecular weight excluding hydrogens is 336 g/mol. The summed E-state index contributed by atoms with van der Waals surface area (Å²) in [5.41, 5.74) is -0.279. The quantitative estimate of drug-likeness (QED) is 0.503.